The minimum absolute atomic E-state index is 0.0425. The Morgan fingerprint density at radius 2 is 1.93 bits per heavy atom. The Labute approximate surface area is 169 Å². The largest absolute Gasteiger partial charge is 0.491 e. The molecule has 2 heterocycles. The lowest BCUT2D eigenvalue weighted by Gasteiger charge is -2.40. The van der Waals surface area contributed by atoms with Crippen LogP contribution < -0.4 is 9.64 Å². The maximum absolute atomic E-state index is 12.9. The standard InChI is InChI=1S/C23H26F2N2O2/c1-15(9-16(2)28)17-3-5-18(6-4-17)19-12-27(13-19)22-8-7-21(11-26-22)29-14-20-10-23(20,24)25/h3-8,11,15,19-20H,9-10,12-14H2,1-2H3/t15-,20?/m1/s1. The molecule has 4 rings (SSSR count). The molecule has 2 aliphatic rings. The highest BCUT2D eigenvalue weighted by Crippen LogP contribution is 2.48. The molecule has 0 bridgehead atoms. The molecule has 2 fully saturated rings. The highest BCUT2D eigenvalue weighted by atomic mass is 19.3. The molecule has 1 aliphatic heterocycles. The number of nitrogens with zero attached hydrogens (tertiary/aromatic N) is 2. The molecular formula is C23H26F2N2O2. The summed E-state index contributed by atoms with van der Waals surface area (Å²) in [5.41, 5.74) is 2.49. The predicted octanol–water partition coefficient (Wildman–Crippen LogP) is 4.80. The van der Waals surface area contributed by atoms with E-state index in [0.717, 1.165) is 18.9 Å². The van der Waals surface area contributed by atoms with Crippen LogP contribution in [0, 0.1) is 5.92 Å². The van der Waals surface area contributed by atoms with Gasteiger partial charge in [-0.05, 0) is 36.1 Å². The fraction of sp³-hybridized carbons (Fsp3) is 0.478. The first kappa shape index (κ1) is 19.8. The van der Waals surface area contributed by atoms with Gasteiger partial charge in [-0.15, -0.1) is 0 Å². The number of pyridine rings is 1. The lowest BCUT2D eigenvalue weighted by Crippen LogP contribution is -2.45. The number of benzene rings is 1. The molecule has 0 amide bonds. The highest BCUT2D eigenvalue weighted by Gasteiger charge is 2.57. The number of Topliss-reactive ketones (excluding diaryl/α,β-unsaturated/α-hetero) is 1. The average Bonchev–Trinajstić information content (AvgIpc) is 3.26. The quantitative estimate of drug-likeness (QED) is 0.638. The summed E-state index contributed by atoms with van der Waals surface area (Å²) in [7, 11) is 0. The van der Waals surface area contributed by atoms with Gasteiger partial charge in [0.15, 0.2) is 0 Å². The van der Waals surface area contributed by atoms with Crippen LogP contribution >= 0.6 is 0 Å². The van der Waals surface area contributed by atoms with Crippen LogP contribution in [0.5, 0.6) is 5.75 Å². The molecule has 4 nitrogen and oxygen atoms in total. The summed E-state index contributed by atoms with van der Waals surface area (Å²) >= 11 is 0. The fourth-order valence-corrected chi connectivity index (χ4v) is 3.81. The van der Waals surface area contributed by atoms with Crippen LogP contribution in [0.25, 0.3) is 0 Å². The summed E-state index contributed by atoms with van der Waals surface area (Å²) < 4.78 is 31.2. The first-order chi connectivity index (χ1) is 13.8. The van der Waals surface area contributed by atoms with Crippen LogP contribution in [0.4, 0.5) is 14.6 Å². The minimum atomic E-state index is -2.55. The second kappa shape index (κ2) is 7.73. The molecule has 1 aliphatic carbocycles. The maximum Gasteiger partial charge on any atom is 0.255 e. The summed E-state index contributed by atoms with van der Waals surface area (Å²) in [5, 5.41) is 0. The van der Waals surface area contributed by atoms with E-state index in [2.05, 4.69) is 41.1 Å². The van der Waals surface area contributed by atoms with Crippen LogP contribution in [-0.2, 0) is 4.79 Å². The Morgan fingerprint density at radius 1 is 1.24 bits per heavy atom. The summed E-state index contributed by atoms with van der Waals surface area (Å²) in [6.07, 6.45) is 2.10. The van der Waals surface area contributed by atoms with Gasteiger partial charge in [0.2, 0.25) is 0 Å². The number of anilines is 1. The van der Waals surface area contributed by atoms with Crippen molar-refractivity contribution in [3.8, 4) is 5.75 Å². The van der Waals surface area contributed by atoms with Gasteiger partial charge in [0, 0.05) is 31.8 Å². The van der Waals surface area contributed by atoms with Crippen LogP contribution in [0.3, 0.4) is 0 Å². The van der Waals surface area contributed by atoms with E-state index in [0.29, 0.717) is 18.1 Å². The SMILES string of the molecule is CC(=O)C[C@@H](C)c1ccc(C2CN(c3ccc(OCC4CC4(F)F)cn3)C2)cc1. The van der Waals surface area contributed by atoms with Crippen molar-refractivity contribution < 1.29 is 18.3 Å². The Hall–Kier alpha value is -2.50. The normalized spacial score (nSPS) is 21.4. The molecular weight excluding hydrogens is 374 g/mol. The number of ketones is 1. The third kappa shape index (κ3) is 4.57. The zero-order valence-corrected chi connectivity index (χ0v) is 16.8. The minimum Gasteiger partial charge on any atom is -0.491 e. The molecule has 1 unspecified atom stereocenters. The number of hydrogen-bond acceptors (Lipinski definition) is 4. The highest BCUT2D eigenvalue weighted by molar-refractivity contribution is 5.76. The molecule has 6 heteroatoms. The van der Waals surface area contributed by atoms with E-state index in [9.17, 15) is 13.6 Å². The van der Waals surface area contributed by atoms with Crippen molar-refractivity contribution in [1.82, 2.24) is 4.98 Å². The van der Waals surface area contributed by atoms with Crippen molar-refractivity contribution in [3.05, 3.63) is 53.7 Å². The van der Waals surface area contributed by atoms with E-state index in [1.807, 2.05) is 6.07 Å². The van der Waals surface area contributed by atoms with E-state index in [1.54, 1.807) is 19.2 Å². The van der Waals surface area contributed by atoms with Crippen LogP contribution in [0.15, 0.2) is 42.6 Å². The van der Waals surface area contributed by atoms with Gasteiger partial charge in [0.1, 0.15) is 17.4 Å². The molecule has 0 spiro atoms. The van der Waals surface area contributed by atoms with Crippen LogP contribution in [0.2, 0.25) is 0 Å². The van der Waals surface area contributed by atoms with Crippen LogP contribution in [0.1, 0.15) is 49.7 Å². The average molecular weight is 400 g/mol. The summed E-state index contributed by atoms with van der Waals surface area (Å²) in [6.45, 7) is 5.54. The first-order valence-electron chi connectivity index (χ1n) is 10.1. The number of alkyl halides is 2. The third-order valence-corrected chi connectivity index (χ3v) is 5.90. The van der Waals surface area contributed by atoms with Gasteiger partial charge in [-0.3, -0.25) is 0 Å². The van der Waals surface area contributed by atoms with Gasteiger partial charge in [-0.2, -0.15) is 0 Å². The molecule has 1 saturated carbocycles. The second-order valence-electron chi connectivity index (χ2n) is 8.40. The molecule has 29 heavy (non-hydrogen) atoms. The van der Waals surface area contributed by atoms with E-state index in [-0.39, 0.29) is 24.7 Å². The van der Waals surface area contributed by atoms with E-state index in [1.165, 1.54) is 11.1 Å². The van der Waals surface area contributed by atoms with Crippen molar-refractivity contribution in [2.75, 3.05) is 24.6 Å². The molecule has 1 aromatic carbocycles. The Kier molecular flexibility index (Phi) is 5.28. The first-order valence-corrected chi connectivity index (χ1v) is 10.1. The van der Waals surface area contributed by atoms with Gasteiger partial charge in [-0.25, -0.2) is 13.8 Å². The van der Waals surface area contributed by atoms with Gasteiger partial charge in [-0.1, -0.05) is 31.2 Å². The second-order valence-corrected chi connectivity index (χ2v) is 8.40. The molecule has 0 radical (unpaired) electrons. The van der Waals surface area contributed by atoms with Crippen molar-refractivity contribution in [2.24, 2.45) is 5.92 Å². The molecule has 154 valence electrons. The van der Waals surface area contributed by atoms with Crippen molar-refractivity contribution >= 4 is 11.6 Å². The van der Waals surface area contributed by atoms with Crippen LogP contribution in [-0.4, -0.2) is 36.4 Å². The number of halogens is 2. The van der Waals surface area contributed by atoms with Crippen molar-refractivity contribution in [3.63, 3.8) is 0 Å². The van der Waals surface area contributed by atoms with E-state index >= 15 is 0 Å². The smallest absolute Gasteiger partial charge is 0.255 e. The molecule has 2 atom stereocenters. The van der Waals surface area contributed by atoms with Gasteiger partial charge in [0.05, 0.1) is 18.7 Å². The van der Waals surface area contributed by atoms with Crippen molar-refractivity contribution in [1.29, 1.82) is 0 Å². The maximum atomic E-state index is 12.9. The topological polar surface area (TPSA) is 42.4 Å². The lowest BCUT2D eigenvalue weighted by atomic mass is 9.88. The van der Waals surface area contributed by atoms with Gasteiger partial charge < -0.3 is 14.4 Å². The molecule has 1 saturated heterocycles. The third-order valence-electron chi connectivity index (χ3n) is 5.90. The summed E-state index contributed by atoms with van der Waals surface area (Å²) in [5.74, 6) is -0.886. The zero-order valence-electron chi connectivity index (χ0n) is 16.8. The number of hydrogen-bond donors (Lipinski definition) is 0. The number of carbonyl (C=O) groups is 1. The molecule has 2 aromatic rings. The molecule has 1 aromatic heterocycles. The molecule has 0 N–H and O–H groups in total. The fourth-order valence-electron chi connectivity index (χ4n) is 3.81. The van der Waals surface area contributed by atoms with E-state index in [4.69, 9.17) is 4.74 Å². The summed E-state index contributed by atoms with van der Waals surface area (Å²) in [4.78, 5) is 17.9. The zero-order chi connectivity index (χ0) is 20.6. The van der Waals surface area contributed by atoms with Crippen molar-refractivity contribution in [2.45, 2.75) is 44.4 Å². The number of rotatable bonds is 8. The number of ether oxygens (including phenoxy) is 1. The Bertz CT molecular complexity index is 861. The van der Waals surface area contributed by atoms with Gasteiger partial charge >= 0.3 is 0 Å². The van der Waals surface area contributed by atoms with E-state index < -0.39 is 11.8 Å². The predicted molar refractivity (Wildman–Crippen MR) is 108 cm³/mol. The number of carbonyl (C=O) groups excluding carboxylic acids is 1. The monoisotopic (exact) mass is 400 g/mol. The Balaban J connectivity index is 1.26. The number of aromatic nitrogens is 1. The van der Waals surface area contributed by atoms with Gasteiger partial charge in [0.25, 0.3) is 5.92 Å². The lowest BCUT2D eigenvalue weighted by molar-refractivity contribution is -0.117. The Morgan fingerprint density at radius 3 is 2.48 bits per heavy atom. The summed E-state index contributed by atoms with van der Waals surface area (Å²) in [6, 6.07) is 12.2.